The van der Waals surface area contributed by atoms with E-state index in [9.17, 15) is 4.79 Å². The van der Waals surface area contributed by atoms with Gasteiger partial charge >= 0.3 is 0 Å². The number of alkyl halides is 1. The summed E-state index contributed by atoms with van der Waals surface area (Å²) in [6.45, 7) is 4.23. The van der Waals surface area contributed by atoms with Crippen molar-refractivity contribution in [3.63, 3.8) is 0 Å². The maximum Gasteiger partial charge on any atom is 0.251 e. The number of amides is 1. The normalized spacial score (nSPS) is 21.8. The van der Waals surface area contributed by atoms with Crippen LogP contribution < -0.4 is 10.6 Å². The van der Waals surface area contributed by atoms with Crippen LogP contribution in [0, 0.1) is 11.3 Å². The molecule has 4 rings (SSSR count). The summed E-state index contributed by atoms with van der Waals surface area (Å²) in [5.41, 5.74) is 4.84. The van der Waals surface area contributed by atoms with Gasteiger partial charge in [0, 0.05) is 36.4 Å². The van der Waals surface area contributed by atoms with Gasteiger partial charge in [-0.2, -0.15) is 5.26 Å². The first-order valence-corrected chi connectivity index (χ1v) is 12.8. The van der Waals surface area contributed by atoms with E-state index in [0.717, 1.165) is 56.4 Å². The molecule has 0 spiro atoms. The Hall–Kier alpha value is -1.82. The molecular formula is C25H28ClIN4O. The van der Waals surface area contributed by atoms with Crippen molar-refractivity contribution >= 4 is 45.8 Å². The van der Waals surface area contributed by atoms with E-state index in [-0.39, 0.29) is 11.9 Å². The van der Waals surface area contributed by atoms with Crippen LogP contribution in [0.1, 0.15) is 59.7 Å². The predicted molar refractivity (Wildman–Crippen MR) is 137 cm³/mol. The van der Waals surface area contributed by atoms with Crippen LogP contribution >= 0.6 is 34.2 Å². The summed E-state index contributed by atoms with van der Waals surface area (Å²) < 4.78 is 0.516. The van der Waals surface area contributed by atoms with E-state index in [1.54, 1.807) is 6.07 Å². The van der Waals surface area contributed by atoms with Crippen LogP contribution in [0.3, 0.4) is 0 Å². The maximum atomic E-state index is 12.9. The van der Waals surface area contributed by atoms with E-state index >= 15 is 0 Å². The average Bonchev–Trinajstić information content (AvgIpc) is 2.79. The van der Waals surface area contributed by atoms with E-state index in [1.165, 1.54) is 11.1 Å². The molecule has 0 radical (unpaired) electrons. The smallest absolute Gasteiger partial charge is 0.251 e. The summed E-state index contributed by atoms with van der Waals surface area (Å²) in [4.78, 5) is 15.3. The number of nitrogens with zero attached hydrogens (tertiary/aromatic N) is 2. The molecule has 32 heavy (non-hydrogen) atoms. The Morgan fingerprint density at radius 3 is 2.59 bits per heavy atom. The summed E-state index contributed by atoms with van der Waals surface area (Å²) in [5, 5.41) is 16.2. The van der Waals surface area contributed by atoms with Gasteiger partial charge in [-0.3, -0.25) is 9.69 Å². The number of benzene rings is 2. The number of carbonyl (C=O) groups is 1. The van der Waals surface area contributed by atoms with Crippen LogP contribution in [0.15, 0.2) is 36.4 Å². The number of halogens is 2. The molecule has 1 aliphatic heterocycles. The Morgan fingerprint density at radius 2 is 1.91 bits per heavy atom. The highest BCUT2D eigenvalue weighted by atomic mass is 127. The lowest BCUT2D eigenvalue weighted by molar-refractivity contribution is 0.0926. The average molecular weight is 563 g/mol. The van der Waals surface area contributed by atoms with Crippen molar-refractivity contribution in [2.75, 3.05) is 11.9 Å². The number of nitrogens with one attached hydrogen (secondary N) is 2. The highest BCUT2D eigenvalue weighted by Crippen LogP contribution is 2.27. The van der Waals surface area contributed by atoms with E-state index in [4.69, 9.17) is 16.9 Å². The molecule has 2 aromatic rings. The lowest BCUT2D eigenvalue weighted by atomic mass is 9.90. The van der Waals surface area contributed by atoms with Crippen LogP contribution in [0.4, 0.5) is 5.69 Å². The molecule has 7 heteroatoms. The summed E-state index contributed by atoms with van der Waals surface area (Å²) in [6.07, 6.45) is 4.86. The quantitative estimate of drug-likeness (QED) is 0.287. The third-order valence-electron chi connectivity index (χ3n) is 6.54. The number of carbonyl (C=O) groups excluding carboxylic acids is 1. The topological polar surface area (TPSA) is 68.2 Å². The molecule has 1 aliphatic carbocycles. The zero-order valence-corrected chi connectivity index (χ0v) is 21.1. The minimum absolute atomic E-state index is 0.0350. The molecule has 1 heterocycles. The van der Waals surface area contributed by atoms with E-state index < -0.39 is 0 Å². The Balaban J connectivity index is 1.28. The fraction of sp³-hybridized carbons (Fsp3) is 0.440. The van der Waals surface area contributed by atoms with Crippen molar-refractivity contribution in [2.24, 2.45) is 0 Å². The van der Waals surface area contributed by atoms with Gasteiger partial charge in [0.1, 0.15) is 6.07 Å². The molecule has 1 unspecified atom stereocenters. The summed E-state index contributed by atoms with van der Waals surface area (Å²) >= 11 is 8.60. The predicted octanol–water partition coefficient (Wildman–Crippen LogP) is 5.50. The second-order valence-corrected chi connectivity index (χ2v) is 11.0. The first-order chi connectivity index (χ1) is 15.4. The van der Waals surface area contributed by atoms with Gasteiger partial charge < -0.3 is 10.6 Å². The van der Waals surface area contributed by atoms with Gasteiger partial charge in [0.15, 0.2) is 0 Å². The van der Waals surface area contributed by atoms with E-state index in [2.05, 4.69) is 63.3 Å². The zero-order chi connectivity index (χ0) is 22.7. The number of anilines is 1. The molecule has 1 atom stereocenters. The van der Waals surface area contributed by atoms with Crippen molar-refractivity contribution in [3.8, 4) is 6.07 Å². The van der Waals surface area contributed by atoms with Gasteiger partial charge in [-0.25, -0.2) is 0 Å². The minimum atomic E-state index is 0.0350. The van der Waals surface area contributed by atoms with Crippen LogP contribution in [0.2, 0.25) is 5.02 Å². The molecular weight excluding hydrogens is 535 g/mol. The molecule has 0 aromatic heterocycles. The van der Waals surface area contributed by atoms with Crippen molar-refractivity contribution in [3.05, 3.63) is 63.7 Å². The second-order valence-electron chi connectivity index (χ2n) is 8.75. The Bertz CT molecular complexity index is 1030. The highest BCUT2D eigenvalue weighted by Gasteiger charge is 2.24. The third kappa shape index (κ3) is 5.56. The fourth-order valence-electron chi connectivity index (χ4n) is 4.60. The van der Waals surface area contributed by atoms with Crippen LogP contribution in [-0.2, 0) is 13.0 Å². The fourth-order valence-corrected chi connectivity index (χ4v) is 5.30. The first-order valence-electron chi connectivity index (χ1n) is 11.2. The van der Waals surface area contributed by atoms with Gasteiger partial charge in [0.2, 0.25) is 0 Å². The van der Waals surface area contributed by atoms with Crippen molar-refractivity contribution in [1.82, 2.24) is 10.2 Å². The minimum Gasteiger partial charge on any atom is -0.382 e. The van der Waals surface area contributed by atoms with Gasteiger partial charge in [-0.1, -0.05) is 40.3 Å². The number of fused-ring (bicyclic) bond motifs is 1. The van der Waals surface area contributed by atoms with Crippen LogP contribution in [0.5, 0.6) is 0 Å². The summed E-state index contributed by atoms with van der Waals surface area (Å²) in [6, 6.07) is 14.3. The number of hydrogen-bond donors (Lipinski definition) is 2. The number of nitriles is 1. The Morgan fingerprint density at radius 1 is 1.16 bits per heavy atom. The van der Waals surface area contributed by atoms with Crippen molar-refractivity contribution < 1.29 is 4.79 Å². The van der Waals surface area contributed by atoms with Crippen LogP contribution in [0.25, 0.3) is 0 Å². The molecule has 2 aliphatic rings. The molecule has 168 valence electrons. The standard InChI is InChI=1S/C25H28ClIN4O/c1-16(27)31-11-10-17-12-18(2-3-20(17)15-31)25(32)30-22-8-6-21(7-9-22)29-23-5-4-19(14-28)24(26)13-23/h2-5,12-13,16,21-22,29H,6-11,15H2,1H3,(H,30,32)/t16?,21-,22-. The summed E-state index contributed by atoms with van der Waals surface area (Å²) in [7, 11) is 0. The molecule has 1 fully saturated rings. The lowest BCUT2D eigenvalue weighted by Crippen LogP contribution is -2.40. The first kappa shape index (κ1) is 23.3. The maximum absolute atomic E-state index is 12.9. The Kier molecular flexibility index (Phi) is 7.59. The van der Waals surface area contributed by atoms with E-state index in [1.807, 2.05) is 18.2 Å². The lowest BCUT2D eigenvalue weighted by Gasteiger charge is -2.31. The third-order valence-corrected chi connectivity index (χ3v) is 7.64. The Labute approximate surface area is 208 Å². The molecule has 0 saturated heterocycles. The number of hydrogen-bond acceptors (Lipinski definition) is 4. The molecule has 0 bridgehead atoms. The second kappa shape index (κ2) is 10.4. The largest absolute Gasteiger partial charge is 0.382 e. The SMILES string of the molecule is CC(I)N1CCc2cc(C(=O)N[C@H]3CC[C@H](Nc4ccc(C#N)c(Cl)c4)CC3)ccc2C1. The molecule has 2 N–H and O–H groups in total. The molecule has 5 nitrogen and oxygen atoms in total. The highest BCUT2D eigenvalue weighted by molar-refractivity contribution is 14.1. The molecule has 1 amide bonds. The van der Waals surface area contributed by atoms with Crippen molar-refractivity contribution in [2.45, 2.75) is 61.7 Å². The number of rotatable bonds is 5. The van der Waals surface area contributed by atoms with Gasteiger partial charge in [0.05, 0.1) is 14.6 Å². The van der Waals surface area contributed by atoms with Gasteiger partial charge in [-0.15, -0.1) is 0 Å². The molecule has 2 aromatic carbocycles. The monoisotopic (exact) mass is 562 g/mol. The van der Waals surface area contributed by atoms with Crippen molar-refractivity contribution in [1.29, 1.82) is 5.26 Å². The van der Waals surface area contributed by atoms with Crippen LogP contribution in [-0.4, -0.2) is 33.5 Å². The van der Waals surface area contributed by atoms with Gasteiger partial charge in [0.25, 0.3) is 5.91 Å². The zero-order valence-electron chi connectivity index (χ0n) is 18.2. The van der Waals surface area contributed by atoms with E-state index in [0.29, 0.717) is 20.7 Å². The van der Waals surface area contributed by atoms with Gasteiger partial charge in [-0.05, 0) is 80.5 Å². The summed E-state index contributed by atoms with van der Waals surface area (Å²) in [5.74, 6) is 0.0350. The molecule has 1 saturated carbocycles.